The average molecular weight is 404 g/mol. The quantitative estimate of drug-likeness (QED) is 0.506. The summed E-state index contributed by atoms with van der Waals surface area (Å²) < 4.78 is 5.34. The number of methoxy groups -OCH3 is 1. The minimum Gasteiger partial charge on any atom is -0.497 e. The second-order valence-electron chi connectivity index (χ2n) is 9.20. The highest BCUT2D eigenvalue weighted by Crippen LogP contribution is 2.38. The smallest absolute Gasteiger partial charge is 0.118 e. The van der Waals surface area contributed by atoms with Crippen molar-refractivity contribution in [3.8, 4) is 16.9 Å². The molecular formula is C28H37NO. The van der Waals surface area contributed by atoms with Crippen LogP contribution in [0.25, 0.3) is 17.2 Å². The van der Waals surface area contributed by atoms with E-state index in [9.17, 15) is 0 Å². The molecule has 4 rings (SSSR count). The van der Waals surface area contributed by atoms with Crippen LogP contribution in [0.2, 0.25) is 0 Å². The second-order valence-corrected chi connectivity index (χ2v) is 9.20. The third kappa shape index (κ3) is 4.91. The van der Waals surface area contributed by atoms with Gasteiger partial charge in [0.2, 0.25) is 0 Å². The lowest BCUT2D eigenvalue weighted by Gasteiger charge is -2.39. The molecule has 2 aromatic rings. The summed E-state index contributed by atoms with van der Waals surface area (Å²) in [6, 6.07) is 15.8. The van der Waals surface area contributed by atoms with E-state index in [1.807, 2.05) is 18.2 Å². The summed E-state index contributed by atoms with van der Waals surface area (Å²) in [6.07, 6.45) is 16.0. The van der Waals surface area contributed by atoms with Crippen LogP contribution >= 0.6 is 0 Å². The van der Waals surface area contributed by atoms with E-state index < -0.39 is 0 Å². The highest BCUT2D eigenvalue weighted by atomic mass is 16.5. The maximum Gasteiger partial charge on any atom is 0.118 e. The molecule has 2 heteroatoms. The molecule has 1 N–H and O–H groups in total. The number of hydrogen-bond acceptors (Lipinski definition) is 2. The van der Waals surface area contributed by atoms with Crippen molar-refractivity contribution in [3.63, 3.8) is 0 Å². The number of hydrogen-bond donors (Lipinski definition) is 1. The lowest BCUT2D eigenvalue weighted by atomic mass is 9.73. The zero-order valence-corrected chi connectivity index (χ0v) is 18.5. The highest BCUT2D eigenvalue weighted by Gasteiger charge is 2.31. The number of rotatable bonds is 7. The largest absolute Gasteiger partial charge is 0.497 e. The summed E-state index contributed by atoms with van der Waals surface area (Å²) in [5.74, 6) is 2.54. The molecule has 0 heterocycles. The summed E-state index contributed by atoms with van der Waals surface area (Å²) in [5.41, 5.74) is 4.88. The van der Waals surface area contributed by atoms with Gasteiger partial charge < -0.3 is 10.1 Å². The van der Waals surface area contributed by atoms with Gasteiger partial charge in [-0.3, -0.25) is 0 Å². The molecule has 2 aromatic carbocycles. The van der Waals surface area contributed by atoms with E-state index in [-0.39, 0.29) is 0 Å². The van der Waals surface area contributed by atoms with Crippen LogP contribution in [-0.2, 0) is 0 Å². The molecule has 2 aliphatic rings. The van der Waals surface area contributed by atoms with Crippen LogP contribution in [0.5, 0.6) is 5.75 Å². The molecule has 2 aliphatic carbocycles. The van der Waals surface area contributed by atoms with Gasteiger partial charge in [-0.25, -0.2) is 0 Å². The number of benzene rings is 2. The predicted octanol–water partition coefficient (Wildman–Crippen LogP) is 7.95. The Bertz CT molecular complexity index is 795. The summed E-state index contributed by atoms with van der Waals surface area (Å²) in [7, 11) is 1.71. The summed E-state index contributed by atoms with van der Waals surface area (Å²) in [6.45, 7) is 4.04. The van der Waals surface area contributed by atoms with Crippen LogP contribution in [0.1, 0.15) is 69.8 Å². The van der Waals surface area contributed by atoms with E-state index in [0.29, 0.717) is 6.04 Å². The zero-order valence-electron chi connectivity index (χ0n) is 18.5. The van der Waals surface area contributed by atoms with E-state index in [4.69, 9.17) is 4.74 Å². The van der Waals surface area contributed by atoms with Crippen molar-refractivity contribution in [2.24, 2.45) is 11.8 Å². The van der Waals surface area contributed by atoms with E-state index in [1.165, 1.54) is 86.6 Å². The Labute approximate surface area is 182 Å². The van der Waals surface area contributed by atoms with Gasteiger partial charge in [-0.05, 0) is 78.5 Å². The van der Waals surface area contributed by atoms with Gasteiger partial charge in [0.1, 0.15) is 5.75 Å². The SMILES string of the molecule is C=Cc1ccc(NC(C2CCCCC2)C2CCCCC2)cc1-c1ccc(OC)cc1. The van der Waals surface area contributed by atoms with Crippen molar-refractivity contribution in [1.82, 2.24) is 0 Å². The van der Waals surface area contributed by atoms with Crippen LogP contribution in [0, 0.1) is 11.8 Å². The Kier molecular flexibility index (Phi) is 7.15. The predicted molar refractivity (Wildman–Crippen MR) is 129 cm³/mol. The molecule has 2 nitrogen and oxygen atoms in total. The summed E-state index contributed by atoms with van der Waals surface area (Å²) >= 11 is 0. The third-order valence-corrected chi connectivity index (χ3v) is 7.32. The first-order valence-corrected chi connectivity index (χ1v) is 12.0. The van der Waals surface area contributed by atoms with Gasteiger partial charge in [-0.2, -0.15) is 0 Å². The number of anilines is 1. The van der Waals surface area contributed by atoms with Crippen molar-refractivity contribution in [2.75, 3.05) is 12.4 Å². The lowest BCUT2D eigenvalue weighted by molar-refractivity contribution is 0.219. The minimum absolute atomic E-state index is 0.615. The maximum absolute atomic E-state index is 5.34. The molecule has 0 atom stereocenters. The van der Waals surface area contributed by atoms with Gasteiger partial charge in [0.25, 0.3) is 0 Å². The third-order valence-electron chi connectivity index (χ3n) is 7.32. The first kappa shape index (κ1) is 21.0. The second kappa shape index (κ2) is 10.2. The van der Waals surface area contributed by atoms with Crippen molar-refractivity contribution in [2.45, 2.75) is 70.3 Å². The molecular weight excluding hydrogens is 366 g/mol. The van der Waals surface area contributed by atoms with Crippen LogP contribution in [0.15, 0.2) is 49.0 Å². The standard InChI is InChI=1S/C28H37NO/c1-3-21-14-17-25(20-27(21)22-15-18-26(30-2)19-16-22)29-28(23-10-6-4-7-11-23)24-12-8-5-9-13-24/h3,14-20,23-24,28-29H,1,4-13H2,2H3. The number of nitrogens with one attached hydrogen (secondary N) is 1. The fourth-order valence-corrected chi connectivity index (χ4v) is 5.64. The topological polar surface area (TPSA) is 21.3 Å². The van der Waals surface area contributed by atoms with E-state index in [0.717, 1.165) is 17.6 Å². The highest BCUT2D eigenvalue weighted by molar-refractivity contribution is 5.78. The van der Waals surface area contributed by atoms with Gasteiger partial charge in [0.15, 0.2) is 0 Å². The summed E-state index contributed by atoms with van der Waals surface area (Å²) in [5, 5.41) is 4.04. The molecule has 0 aromatic heterocycles. The first-order valence-electron chi connectivity index (χ1n) is 12.0. The van der Waals surface area contributed by atoms with Crippen LogP contribution in [-0.4, -0.2) is 13.2 Å². The molecule has 0 bridgehead atoms. The molecule has 0 radical (unpaired) electrons. The number of ether oxygens (including phenoxy) is 1. The monoisotopic (exact) mass is 403 g/mol. The van der Waals surface area contributed by atoms with E-state index in [2.05, 4.69) is 42.2 Å². The average Bonchev–Trinajstić information content (AvgIpc) is 2.83. The van der Waals surface area contributed by atoms with Crippen LogP contribution in [0.4, 0.5) is 5.69 Å². The Morgan fingerprint density at radius 2 is 1.47 bits per heavy atom. The maximum atomic E-state index is 5.34. The molecule has 0 amide bonds. The van der Waals surface area contributed by atoms with Crippen molar-refractivity contribution < 1.29 is 4.74 Å². The van der Waals surface area contributed by atoms with Crippen LogP contribution < -0.4 is 10.1 Å². The van der Waals surface area contributed by atoms with E-state index >= 15 is 0 Å². The Morgan fingerprint density at radius 3 is 2.00 bits per heavy atom. The fraction of sp³-hybridized carbons (Fsp3) is 0.500. The Hall–Kier alpha value is -2.22. The van der Waals surface area contributed by atoms with E-state index in [1.54, 1.807) is 7.11 Å². The van der Waals surface area contributed by atoms with Crippen molar-refractivity contribution in [1.29, 1.82) is 0 Å². The molecule has 0 unspecified atom stereocenters. The van der Waals surface area contributed by atoms with Crippen molar-refractivity contribution in [3.05, 3.63) is 54.6 Å². The summed E-state index contributed by atoms with van der Waals surface area (Å²) in [4.78, 5) is 0. The molecule has 160 valence electrons. The lowest BCUT2D eigenvalue weighted by Crippen LogP contribution is -2.38. The zero-order chi connectivity index (χ0) is 20.8. The van der Waals surface area contributed by atoms with Gasteiger partial charge >= 0.3 is 0 Å². The molecule has 30 heavy (non-hydrogen) atoms. The molecule has 0 saturated heterocycles. The molecule has 0 spiro atoms. The molecule has 2 fully saturated rings. The van der Waals surface area contributed by atoms with Crippen molar-refractivity contribution >= 4 is 11.8 Å². The fourth-order valence-electron chi connectivity index (χ4n) is 5.64. The Balaban J connectivity index is 1.61. The molecule has 0 aliphatic heterocycles. The van der Waals surface area contributed by atoms with Crippen LogP contribution in [0.3, 0.4) is 0 Å². The van der Waals surface area contributed by atoms with Gasteiger partial charge in [0.05, 0.1) is 7.11 Å². The first-order chi connectivity index (χ1) is 14.8. The van der Waals surface area contributed by atoms with Gasteiger partial charge in [-0.15, -0.1) is 0 Å². The minimum atomic E-state index is 0.615. The molecule has 2 saturated carbocycles. The normalized spacial score (nSPS) is 18.3. The van der Waals surface area contributed by atoms with Gasteiger partial charge in [0, 0.05) is 11.7 Å². The Morgan fingerprint density at radius 1 is 0.867 bits per heavy atom. The van der Waals surface area contributed by atoms with Gasteiger partial charge in [-0.1, -0.05) is 69.4 Å².